The lowest BCUT2D eigenvalue weighted by molar-refractivity contribution is 0.206. The molecule has 3 nitrogen and oxygen atoms in total. The highest BCUT2D eigenvalue weighted by molar-refractivity contribution is 4.82. The molecule has 17 heavy (non-hydrogen) atoms. The summed E-state index contributed by atoms with van der Waals surface area (Å²) in [6.07, 6.45) is 5.61. The van der Waals surface area contributed by atoms with Crippen LogP contribution >= 0.6 is 0 Å². The van der Waals surface area contributed by atoms with Crippen LogP contribution in [0, 0.1) is 0 Å². The Hall–Kier alpha value is -0.120. The van der Waals surface area contributed by atoms with Gasteiger partial charge in [-0.25, -0.2) is 0 Å². The Morgan fingerprint density at radius 1 is 1.06 bits per heavy atom. The summed E-state index contributed by atoms with van der Waals surface area (Å²) in [5.41, 5.74) is 0. The van der Waals surface area contributed by atoms with Crippen LogP contribution in [-0.4, -0.2) is 61.2 Å². The molecule has 0 aromatic rings. The molecule has 100 valence electrons. The summed E-state index contributed by atoms with van der Waals surface area (Å²) in [4.78, 5) is 5.33. The molecular weight excluding hydrogens is 210 g/mol. The van der Waals surface area contributed by atoms with Gasteiger partial charge in [-0.2, -0.15) is 0 Å². The van der Waals surface area contributed by atoms with Gasteiger partial charge in [-0.15, -0.1) is 0 Å². The molecule has 0 amide bonds. The van der Waals surface area contributed by atoms with Gasteiger partial charge in [0, 0.05) is 31.7 Å². The van der Waals surface area contributed by atoms with Crippen LogP contribution in [-0.2, 0) is 0 Å². The van der Waals surface area contributed by atoms with Crippen molar-refractivity contribution in [2.75, 3.05) is 39.3 Å². The van der Waals surface area contributed by atoms with Crippen molar-refractivity contribution in [1.82, 2.24) is 15.1 Å². The first-order valence-electron chi connectivity index (χ1n) is 7.45. The van der Waals surface area contributed by atoms with Crippen molar-refractivity contribution in [3.8, 4) is 0 Å². The summed E-state index contributed by atoms with van der Waals surface area (Å²) < 4.78 is 0. The van der Waals surface area contributed by atoms with Crippen LogP contribution in [0.15, 0.2) is 0 Å². The van der Waals surface area contributed by atoms with E-state index in [-0.39, 0.29) is 0 Å². The molecule has 2 heterocycles. The van der Waals surface area contributed by atoms with Gasteiger partial charge in [-0.3, -0.25) is 4.90 Å². The highest BCUT2D eigenvalue weighted by atomic mass is 15.2. The number of hydrogen-bond donors (Lipinski definition) is 1. The summed E-state index contributed by atoms with van der Waals surface area (Å²) in [6.45, 7) is 12.2. The van der Waals surface area contributed by atoms with Crippen molar-refractivity contribution in [1.29, 1.82) is 0 Å². The SMILES string of the molecule is CC(C)NCC1CCCN1CCN1CCCC1. The Balaban J connectivity index is 1.67. The normalized spacial score (nSPS) is 27.4. The fourth-order valence-corrected chi connectivity index (χ4v) is 3.07. The first-order valence-corrected chi connectivity index (χ1v) is 7.45. The average molecular weight is 239 g/mol. The van der Waals surface area contributed by atoms with E-state index in [2.05, 4.69) is 29.0 Å². The van der Waals surface area contributed by atoms with Crippen LogP contribution in [0.5, 0.6) is 0 Å². The molecular formula is C14H29N3. The van der Waals surface area contributed by atoms with Crippen molar-refractivity contribution < 1.29 is 0 Å². The number of rotatable bonds is 6. The average Bonchev–Trinajstić information content (AvgIpc) is 2.95. The van der Waals surface area contributed by atoms with Gasteiger partial charge in [-0.05, 0) is 45.3 Å². The first-order chi connectivity index (χ1) is 8.25. The van der Waals surface area contributed by atoms with E-state index < -0.39 is 0 Å². The smallest absolute Gasteiger partial charge is 0.0221 e. The zero-order valence-electron chi connectivity index (χ0n) is 11.6. The standard InChI is InChI=1S/C14H29N3/c1-13(2)15-12-14-6-5-9-17(14)11-10-16-7-3-4-8-16/h13-15H,3-12H2,1-2H3. The predicted octanol–water partition coefficient (Wildman–Crippen LogP) is 1.54. The number of nitrogens with zero attached hydrogens (tertiary/aromatic N) is 2. The zero-order valence-corrected chi connectivity index (χ0v) is 11.6. The summed E-state index contributed by atoms with van der Waals surface area (Å²) in [5.74, 6) is 0. The topological polar surface area (TPSA) is 18.5 Å². The molecule has 1 atom stereocenters. The van der Waals surface area contributed by atoms with Gasteiger partial charge in [0.15, 0.2) is 0 Å². The Kier molecular flexibility index (Phi) is 5.26. The Bertz CT molecular complexity index is 212. The van der Waals surface area contributed by atoms with Crippen LogP contribution in [0.1, 0.15) is 39.5 Å². The fourth-order valence-electron chi connectivity index (χ4n) is 3.07. The van der Waals surface area contributed by atoms with Gasteiger partial charge in [0.2, 0.25) is 0 Å². The van der Waals surface area contributed by atoms with Crippen molar-refractivity contribution in [2.24, 2.45) is 0 Å². The van der Waals surface area contributed by atoms with E-state index in [4.69, 9.17) is 0 Å². The molecule has 0 saturated carbocycles. The van der Waals surface area contributed by atoms with Crippen molar-refractivity contribution in [3.63, 3.8) is 0 Å². The lowest BCUT2D eigenvalue weighted by Gasteiger charge is -2.27. The maximum Gasteiger partial charge on any atom is 0.0221 e. The van der Waals surface area contributed by atoms with Gasteiger partial charge in [0.25, 0.3) is 0 Å². The van der Waals surface area contributed by atoms with Gasteiger partial charge in [0.1, 0.15) is 0 Å². The summed E-state index contributed by atoms with van der Waals surface area (Å²) >= 11 is 0. The van der Waals surface area contributed by atoms with E-state index >= 15 is 0 Å². The molecule has 0 aliphatic carbocycles. The molecule has 2 aliphatic heterocycles. The highest BCUT2D eigenvalue weighted by Crippen LogP contribution is 2.17. The van der Waals surface area contributed by atoms with E-state index in [0.717, 1.165) is 6.04 Å². The second-order valence-electron chi connectivity index (χ2n) is 5.94. The van der Waals surface area contributed by atoms with Crippen LogP contribution in [0.4, 0.5) is 0 Å². The largest absolute Gasteiger partial charge is 0.313 e. The van der Waals surface area contributed by atoms with Crippen LogP contribution < -0.4 is 5.32 Å². The van der Waals surface area contributed by atoms with Crippen molar-refractivity contribution in [3.05, 3.63) is 0 Å². The molecule has 1 unspecified atom stereocenters. The van der Waals surface area contributed by atoms with E-state index in [1.807, 2.05) is 0 Å². The Labute approximate surface area is 107 Å². The van der Waals surface area contributed by atoms with Crippen LogP contribution in [0.25, 0.3) is 0 Å². The lowest BCUT2D eigenvalue weighted by Crippen LogP contribution is -2.43. The highest BCUT2D eigenvalue weighted by Gasteiger charge is 2.24. The minimum absolute atomic E-state index is 0.621. The van der Waals surface area contributed by atoms with Crippen molar-refractivity contribution >= 4 is 0 Å². The van der Waals surface area contributed by atoms with Gasteiger partial charge in [-0.1, -0.05) is 13.8 Å². The Morgan fingerprint density at radius 2 is 1.82 bits per heavy atom. The monoisotopic (exact) mass is 239 g/mol. The molecule has 2 rings (SSSR count). The van der Waals surface area contributed by atoms with Gasteiger partial charge in [0.05, 0.1) is 0 Å². The van der Waals surface area contributed by atoms with Gasteiger partial charge < -0.3 is 10.2 Å². The number of likely N-dealkylation sites (tertiary alicyclic amines) is 2. The minimum atomic E-state index is 0.621. The van der Waals surface area contributed by atoms with Crippen LogP contribution in [0.3, 0.4) is 0 Å². The third-order valence-corrected chi connectivity index (χ3v) is 4.16. The maximum atomic E-state index is 3.59. The molecule has 0 spiro atoms. The second kappa shape index (κ2) is 6.72. The molecule has 0 bridgehead atoms. The zero-order chi connectivity index (χ0) is 12.1. The summed E-state index contributed by atoms with van der Waals surface area (Å²) in [5, 5.41) is 3.59. The minimum Gasteiger partial charge on any atom is -0.313 e. The molecule has 3 heteroatoms. The molecule has 2 fully saturated rings. The predicted molar refractivity (Wildman–Crippen MR) is 73.4 cm³/mol. The third-order valence-electron chi connectivity index (χ3n) is 4.16. The molecule has 1 N–H and O–H groups in total. The molecule has 0 aromatic heterocycles. The van der Waals surface area contributed by atoms with E-state index in [1.165, 1.54) is 65.0 Å². The third kappa shape index (κ3) is 4.23. The number of hydrogen-bond acceptors (Lipinski definition) is 3. The molecule has 2 saturated heterocycles. The quantitative estimate of drug-likeness (QED) is 0.758. The maximum absolute atomic E-state index is 3.59. The summed E-state index contributed by atoms with van der Waals surface area (Å²) in [7, 11) is 0. The van der Waals surface area contributed by atoms with Gasteiger partial charge >= 0.3 is 0 Å². The first kappa shape index (κ1) is 13.3. The number of nitrogens with one attached hydrogen (secondary N) is 1. The second-order valence-corrected chi connectivity index (χ2v) is 5.94. The van der Waals surface area contributed by atoms with Crippen LogP contribution in [0.2, 0.25) is 0 Å². The molecule has 0 radical (unpaired) electrons. The molecule has 2 aliphatic rings. The lowest BCUT2D eigenvalue weighted by atomic mass is 10.2. The Morgan fingerprint density at radius 3 is 2.53 bits per heavy atom. The van der Waals surface area contributed by atoms with E-state index in [9.17, 15) is 0 Å². The van der Waals surface area contributed by atoms with E-state index in [0.29, 0.717) is 6.04 Å². The van der Waals surface area contributed by atoms with Crippen molar-refractivity contribution in [2.45, 2.75) is 51.6 Å². The molecule has 0 aromatic carbocycles. The fraction of sp³-hybridized carbons (Fsp3) is 1.00. The van der Waals surface area contributed by atoms with E-state index in [1.54, 1.807) is 0 Å². The summed E-state index contributed by atoms with van der Waals surface area (Å²) in [6, 6.07) is 1.41.